The van der Waals surface area contributed by atoms with E-state index in [1.54, 1.807) is 30.5 Å². The summed E-state index contributed by atoms with van der Waals surface area (Å²) < 4.78 is 71.9. The van der Waals surface area contributed by atoms with Crippen LogP contribution in [0.15, 0.2) is 130 Å². The zero-order valence-electron chi connectivity index (χ0n) is 31.7. The second-order valence-electron chi connectivity index (χ2n) is 13.5. The van der Waals surface area contributed by atoms with Crippen molar-refractivity contribution < 1.29 is 46.2 Å². The summed E-state index contributed by atoms with van der Waals surface area (Å²) >= 11 is 3.35. The number of alkyl halides is 3. The number of nitrogens with zero attached hydrogens (tertiary/aromatic N) is 4. The van der Waals surface area contributed by atoms with Crippen LogP contribution in [0, 0.1) is 11.6 Å². The lowest BCUT2D eigenvalue weighted by Crippen LogP contribution is -2.25. The summed E-state index contributed by atoms with van der Waals surface area (Å²) in [5.41, 5.74) is 0.556. The molecule has 0 radical (unpaired) electrons. The molecule has 0 aliphatic carbocycles. The van der Waals surface area contributed by atoms with Gasteiger partial charge < -0.3 is 9.84 Å². The van der Waals surface area contributed by atoms with Crippen molar-refractivity contribution in [3.8, 4) is 11.5 Å². The SMILES string of the molecule is O=C(CCc1ccc(F)cc1)c1nc2ccc(Br)cn2c(=O)c1OCc1ccccc1.O=C(CCc1ccc(F)cc1)c1nc2ccc(CC(=O)C(F)(F)F)cn2c(=O)c1O. The van der Waals surface area contributed by atoms with E-state index in [0.717, 1.165) is 21.7 Å². The lowest BCUT2D eigenvalue weighted by molar-refractivity contribution is -0.170. The first kappa shape index (κ1) is 43.7. The van der Waals surface area contributed by atoms with Gasteiger partial charge in [0.05, 0.1) is 0 Å². The zero-order valence-corrected chi connectivity index (χ0v) is 33.3. The highest BCUT2D eigenvalue weighted by atomic mass is 79.9. The normalized spacial score (nSPS) is 11.2. The van der Waals surface area contributed by atoms with Gasteiger partial charge in [-0.2, -0.15) is 13.2 Å². The standard InChI is InChI=1S/C24H18BrFN2O3.C20H14F4N2O4/c25-18-9-13-21-27-22(20(29)12-8-16-6-10-19(26)11-7-16)23(24(30)28(21)14-18)31-15-17-4-2-1-3-5-17;21-13-5-1-11(2-6-13)3-7-14(27)17-18(29)19(30)26-10-12(4-8-16(26)25-17)9-15(28)20(22,23)24/h1-7,9-11,13-14H,8,12,15H2;1-2,4-6,8,10,29H,3,7,9H2. The summed E-state index contributed by atoms with van der Waals surface area (Å²) in [5, 5.41) is 10.1. The first-order valence-electron chi connectivity index (χ1n) is 18.4. The number of ketones is 3. The molecule has 4 aromatic heterocycles. The predicted molar refractivity (Wildman–Crippen MR) is 216 cm³/mol. The number of aromatic nitrogens is 4. The monoisotopic (exact) mass is 902 g/mol. The van der Waals surface area contributed by atoms with Crippen molar-refractivity contribution in [3.63, 3.8) is 0 Å². The van der Waals surface area contributed by atoms with Crippen LogP contribution in [-0.4, -0.2) is 47.4 Å². The Labute approximate surface area is 350 Å². The Kier molecular flexibility index (Phi) is 13.6. The second-order valence-corrected chi connectivity index (χ2v) is 14.4. The summed E-state index contributed by atoms with van der Waals surface area (Å²) in [6, 6.07) is 26.6. The Bertz CT molecular complexity index is 2870. The van der Waals surface area contributed by atoms with Gasteiger partial charge in [-0.3, -0.25) is 32.8 Å². The number of carbonyl (C=O) groups excluding carboxylic acids is 3. The minimum absolute atomic E-state index is 0.00497. The van der Waals surface area contributed by atoms with E-state index in [1.807, 2.05) is 30.3 Å². The van der Waals surface area contributed by atoms with Crippen LogP contribution in [0.3, 0.4) is 0 Å². The molecule has 0 amide bonds. The molecule has 61 heavy (non-hydrogen) atoms. The van der Waals surface area contributed by atoms with Crippen LogP contribution < -0.4 is 15.9 Å². The molecule has 3 aromatic carbocycles. The highest BCUT2D eigenvalue weighted by Crippen LogP contribution is 2.22. The van der Waals surface area contributed by atoms with Crippen molar-refractivity contribution in [2.45, 2.75) is 44.9 Å². The highest BCUT2D eigenvalue weighted by Gasteiger charge is 2.37. The van der Waals surface area contributed by atoms with E-state index in [1.165, 1.54) is 52.9 Å². The molecular weight excluding hydrogens is 871 g/mol. The largest absolute Gasteiger partial charge is 0.501 e. The molecule has 0 saturated carbocycles. The summed E-state index contributed by atoms with van der Waals surface area (Å²) in [6.07, 6.45) is -2.82. The molecule has 0 spiro atoms. The lowest BCUT2D eigenvalue weighted by atomic mass is 10.1. The van der Waals surface area contributed by atoms with Crippen LogP contribution in [0.2, 0.25) is 0 Å². The number of Topliss-reactive ketones (excluding diaryl/α,β-unsaturated/α-hetero) is 3. The summed E-state index contributed by atoms with van der Waals surface area (Å²) in [5.74, 6) is -4.72. The Morgan fingerprint density at radius 1 is 0.639 bits per heavy atom. The fraction of sp³-hybridized carbons (Fsp3) is 0.159. The molecule has 7 rings (SSSR count). The molecule has 0 aliphatic rings. The highest BCUT2D eigenvalue weighted by molar-refractivity contribution is 9.10. The molecule has 312 valence electrons. The quantitative estimate of drug-likeness (QED) is 0.0897. The number of halogens is 6. The van der Waals surface area contributed by atoms with Crippen LogP contribution in [0.4, 0.5) is 22.0 Å². The third kappa shape index (κ3) is 11.0. The number of rotatable bonds is 13. The maximum atomic E-state index is 13.1. The van der Waals surface area contributed by atoms with E-state index >= 15 is 0 Å². The fourth-order valence-corrected chi connectivity index (χ4v) is 6.30. The van der Waals surface area contributed by atoms with Crippen molar-refractivity contribution in [1.82, 2.24) is 18.8 Å². The fourth-order valence-electron chi connectivity index (χ4n) is 5.96. The number of pyridine rings is 2. The number of hydrogen-bond donors (Lipinski definition) is 1. The van der Waals surface area contributed by atoms with Crippen LogP contribution in [-0.2, 0) is 30.7 Å². The average molecular weight is 904 g/mol. The van der Waals surface area contributed by atoms with Crippen molar-refractivity contribution in [3.05, 3.63) is 186 Å². The van der Waals surface area contributed by atoms with E-state index < -0.39 is 52.5 Å². The molecule has 11 nitrogen and oxygen atoms in total. The summed E-state index contributed by atoms with van der Waals surface area (Å²) in [6.45, 7) is 0.135. The van der Waals surface area contributed by atoms with Crippen LogP contribution in [0.1, 0.15) is 56.1 Å². The van der Waals surface area contributed by atoms with Crippen molar-refractivity contribution in [1.29, 1.82) is 0 Å². The Morgan fingerprint density at radius 3 is 1.72 bits per heavy atom. The van der Waals surface area contributed by atoms with Gasteiger partial charge >= 0.3 is 17.3 Å². The van der Waals surface area contributed by atoms with E-state index in [4.69, 9.17) is 4.74 Å². The molecule has 1 N–H and O–H groups in total. The topological polar surface area (TPSA) is 149 Å². The van der Waals surface area contributed by atoms with Crippen LogP contribution >= 0.6 is 15.9 Å². The first-order chi connectivity index (χ1) is 29.1. The molecule has 0 saturated heterocycles. The van der Waals surface area contributed by atoms with Crippen molar-refractivity contribution in [2.75, 3.05) is 0 Å². The number of benzene rings is 3. The Balaban J connectivity index is 0.000000204. The molecule has 0 fully saturated rings. The summed E-state index contributed by atoms with van der Waals surface area (Å²) in [7, 11) is 0. The maximum absolute atomic E-state index is 13.1. The van der Waals surface area contributed by atoms with Crippen molar-refractivity contribution in [2.24, 2.45) is 0 Å². The summed E-state index contributed by atoms with van der Waals surface area (Å²) in [4.78, 5) is 70.4. The van der Waals surface area contributed by atoms with Gasteiger partial charge in [0.25, 0.3) is 0 Å². The molecule has 7 aromatic rings. The Morgan fingerprint density at radius 2 is 1.15 bits per heavy atom. The van der Waals surface area contributed by atoms with Gasteiger partial charge in [0.2, 0.25) is 17.3 Å². The smallest absolute Gasteiger partial charge is 0.450 e. The average Bonchev–Trinajstić information content (AvgIpc) is 3.24. The minimum Gasteiger partial charge on any atom is -0.501 e. The van der Waals surface area contributed by atoms with E-state index in [0.29, 0.717) is 22.1 Å². The van der Waals surface area contributed by atoms with E-state index in [2.05, 4.69) is 25.9 Å². The molecule has 4 heterocycles. The van der Waals surface area contributed by atoms with Crippen LogP contribution in [0.5, 0.6) is 11.5 Å². The number of carbonyl (C=O) groups is 3. The molecule has 0 atom stereocenters. The van der Waals surface area contributed by atoms with Gasteiger partial charge in [-0.1, -0.05) is 60.7 Å². The molecule has 17 heteroatoms. The number of aryl methyl sites for hydroxylation is 2. The zero-order chi connectivity index (χ0) is 43.8. The maximum Gasteiger partial charge on any atom is 0.450 e. The van der Waals surface area contributed by atoms with Gasteiger partial charge in [0.1, 0.15) is 29.5 Å². The van der Waals surface area contributed by atoms with E-state index in [9.17, 15) is 51.0 Å². The molecule has 0 bridgehead atoms. The minimum atomic E-state index is -5.01. The van der Waals surface area contributed by atoms with Gasteiger partial charge in [0.15, 0.2) is 23.0 Å². The van der Waals surface area contributed by atoms with Gasteiger partial charge in [-0.25, -0.2) is 18.7 Å². The first-order valence-corrected chi connectivity index (χ1v) is 19.1. The number of hydrogen-bond acceptors (Lipinski definition) is 9. The number of ether oxygens (including phenoxy) is 1. The van der Waals surface area contributed by atoms with Gasteiger partial charge in [-0.05, 0) is 93.5 Å². The van der Waals surface area contributed by atoms with Crippen LogP contribution in [0.25, 0.3) is 11.3 Å². The van der Waals surface area contributed by atoms with Gasteiger partial charge in [0, 0.05) is 36.1 Å². The van der Waals surface area contributed by atoms with E-state index in [-0.39, 0.29) is 60.1 Å². The number of aromatic hydroxyl groups is 1. The Hall–Kier alpha value is -6.88. The predicted octanol–water partition coefficient (Wildman–Crippen LogP) is 8.02. The third-order valence-corrected chi connectivity index (χ3v) is 9.62. The lowest BCUT2D eigenvalue weighted by Gasteiger charge is -2.12. The molecule has 0 aliphatic heterocycles. The second kappa shape index (κ2) is 19.0. The third-order valence-electron chi connectivity index (χ3n) is 9.15. The van der Waals surface area contributed by atoms with Crippen molar-refractivity contribution >= 4 is 44.6 Å². The number of fused-ring (bicyclic) bond motifs is 2. The molecule has 0 unspecified atom stereocenters. The molecular formula is C44H32BrF5N4O7. The van der Waals surface area contributed by atoms with Gasteiger partial charge in [-0.15, -0.1) is 0 Å².